The first kappa shape index (κ1) is 11.3. The van der Waals surface area contributed by atoms with Gasteiger partial charge in [0, 0.05) is 5.92 Å². The summed E-state index contributed by atoms with van der Waals surface area (Å²) in [6.07, 6.45) is 1.06. The molecule has 15 heavy (non-hydrogen) atoms. The third-order valence-electron chi connectivity index (χ3n) is 2.75. The summed E-state index contributed by atoms with van der Waals surface area (Å²) in [5.74, 6) is -3.27. The molecule has 1 fully saturated rings. The highest BCUT2D eigenvalue weighted by atomic mass is 35.5. The summed E-state index contributed by atoms with van der Waals surface area (Å²) in [6, 6.07) is 2.98. The fourth-order valence-corrected chi connectivity index (χ4v) is 2.98. The van der Waals surface area contributed by atoms with Crippen LogP contribution in [0.4, 0.5) is 8.78 Å². The van der Waals surface area contributed by atoms with Crippen LogP contribution in [0.2, 0.25) is 4.34 Å². The summed E-state index contributed by atoms with van der Waals surface area (Å²) >= 11 is 6.66. The minimum atomic E-state index is -2.72. The summed E-state index contributed by atoms with van der Waals surface area (Å²) in [4.78, 5) is 0.0967. The van der Waals surface area contributed by atoms with Crippen molar-refractivity contribution in [1.82, 2.24) is 5.32 Å². The second kappa shape index (κ2) is 4.36. The van der Waals surface area contributed by atoms with E-state index in [9.17, 15) is 8.78 Å². The van der Waals surface area contributed by atoms with Crippen LogP contribution >= 0.6 is 22.9 Å². The highest BCUT2D eigenvalue weighted by Gasteiger charge is 2.42. The minimum absolute atomic E-state index is 0.0967. The Hall–Kier alpha value is -0.190. The standard InChI is InChI=1S/C10H12ClF2NS/c11-9-2-1-8(15-9)10(12,13)7-3-5-14-6-4-7/h1-2,7,14H,3-6H2. The number of nitrogens with one attached hydrogen (secondary N) is 1. The third-order valence-corrected chi connectivity index (χ3v) is 4.07. The molecule has 1 nitrogen and oxygen atoms in total. The Kier molecular flexibility index (Phi) is 3.28. The number of halogens is 3. The molecule has 0 atom stereocenters. The zero-order valence-electron chi connectivity index (χ0n) is 8.10. The van der Waals surface area contributed by atoms with Gasteiger partial charge in [0.05, 0.1) is 9.21 Å². The van der Waals surface area contributed by atoms with Crippen molar-refractivity contribution in [3.05, 3.63) is 21.3 Å². The lowest BCUT2D eigenvalue weighted by Crippen LogP contribution is -2.36. The van der Waals surface area contributed by atoms with Crippen molar-refractivity contribution >= 4 is 22.9 Å². The van der Waals surface area contributed by atoms with Gasteiger partial charge in [0.15, 0.2) is 0 Å². The largest absolute Gasteiger partial charge is 0.317 e. The highest BCUT2D eigenvalue weighted by Crippen LogP contribution is 2.44. The van der Waals surface area contributed by atoms with Crippen molar-refractivity contribution in [3.63, 3.8) is 0 Å². The second-order valence-electron chi connectivity index (χ2n) is 3.75. The van der Waals surface area contributed by atoms with Crippen LogP contribution in [-0.2, 0) is 5.92 Å². The number of alkyl halides is 2. The molecule has 1 aromatic heterocycles. The molecule has 1 aliphatic rings. The topological polar surface area (TPSA) is 12.0 Å². The van der Waals surface area contributed by atoms with Crippen molar-refractivity contribution in [2.75, 3.05) is 13.1 Å². The molecule has 2 rings (SSSR count). The minimum Gasteiger partial charge on any atom is -0.317 e. The normalized spacial score (nSPS) is 19.4. The number of thiophene rings is 1. The third kappa shape index (κ3) is 2.32. The maximum atomic E-state index is 14.0. The van der Waals surface area contributed by atoms with Gasteiger partial charge in [-0.2, -0.15) is 0 Å². The molecule has 1 aliphatic heterocycles. The van der Waals surface area contributed by atoms with Crippen molar-refractivity contribution in [1.29, 1.82) is 0 Å². The van der Waals surface area contributed by atoms with E-state index < -0.39 is 11.8 Å². The molecular formula is C10H12ClF2NS. The molecule has 1 saturated heterocycles. The fourth-order valence-electron chi connectivity index (χ4n) is 1.88. The van der Waals surface area contributed by atoms with Crippen molar-refractivity contribution < 1.29 is 8.78 Å². The maximum Gasteiger partial charge on any atom is 0.285 e. The number of piperidine rings is 1. The molecule has 0 saturated carbocycles. The summed E-state index contributed by atoms with van der Waals surface area (Å²) < 4.78 is 28.4. The van der Waals surface area contributed by atoms with E-state index >= 15 is 0 Å². The SMILES string of the molecule is FC(F)(c1ccc(Cl)s1)C1CCNCC1. The van der Waals surface area contributed by atoms with Crippen molar-refractivity contribution in [2.24, 2.45) is 5.92 Å². The zero-order valence-corrected chi connectivity index (χ0v) is 9.68. The molecule has 2 heterocycles. The first-order valence-corrected chi connectivity index (χ1v) is 6.14. The van der Waals surface area contributed by atoms with Gasteiger partial charge in [0.25, 0.3) is 5.92 Å². The molecule has 0 aromatic carbocycles. The van der Waals surface area contributed by atoms with Gasteiger partial charge in [-0.1, -0.05) is 11.6 Å². The van der Waals surface area contributed by atoms with E-state index in [-0.39, 0.29) is 4.88 Å². The van der Waals surface area contributed by atoms with Crippen LogP contribution in [0.15, 0.2) is 12.1 Å². The molecule has 0 aliphatic carbocycles. The Morgan fingerprint density at radius 3 is 2.53 bits per heavy atom. The first-order valence-electron chi connectivity index (χ1n) is 4.95. The molecule has 1 aromatic rings. The van der Waals surface area contributed by atoms with Gasteiger partial charge in [-0.25, -0.2) is 8.78 Å². The number of hydrogen-bond acceptors (Lipinski definition) is 2. The van der Waals surface area contributed by atoms with Gasteiger partial charge in [0.1, 0.15) is 0 Å². The number of hydrogen-bond donors (Lipinski definition) is 1. The van der Waals surface area contributed by atoms with E-state index in [1.165, 1.54) is 12.1 Å². The average molecular weight is 252 g/mol. The summed E-state index contributed by atoms with van der Waals surface area (Å²) in [5.41, 5.74) is 0. The monoisotopic (exact) mass is 251 g/mol. The predicted octanol–water partition coefficient (Wildman–Crippen LogP) is 3.49. The quantitative estimate of drug-likeness (QED) is 0.849. The molecule has 0 amide bonds. The smallest absolute Gasteiger partial charge is 0.285 e. The van der Waals surface area contributed by atoms with E-state index in [0.717, 1.165) is 11.3 Å². The summed E-state index contributed by atoms with van der Waals surface area (Å²) in [5, 5.41) is 3.09. The lowest BCUT2D eigenvalue weighted by atomic mass is 9.90. The van der Waals surface area contributed by atoms with Crippen LogP contribution in [-0.4, -0.2) is 13.1 Å². The van der Waals surface area contributed by atoms with Crippen molar-refractivity contribution in [2.45, 2.75) is 18.8 Å². The van der Waals surface area contributed by atoms with Crippen LogP contribution in [0.5, 0.6) is 0 Å². The molecule has 84 valence electrons. The predicted molar refractivity (Wildman–Crippen MR) is 58.8 cm³/mol. The van der Waals surface area contributed by atoms with Crippen LogP contribution in [0.25, 0.3) is 0 Å². The van der Waals surface area contributed by atoms with Crippen LogP contribution in [0, 0.1) is 5.92 Å². The summed E-state index contributed by atoms with van der Waals surface area (Å²) in [6.45, 7) is 1.36. The van der Waals surface area contributed by atoms with Gasteiger partial charge in [-0.15, -0.1) is 11.3 Å². The van der Waals surface area contributed by atoms with Gasteiger partial charge >= 0.3 is 0 Å². The van der Waals surface area contributed by atoms with E-state index in [2.05, 4.69) is 5.32 Å². The van der Waals surface area contributed by atoms with Gasteiger partial charge in [-0.3, -0.25) is 0 Å². The van der Waals surface area contributed by atoms with E-state index in [4.69, 9.17) is 11.6 Å². The van der Waals surface area contributed by atoms with Crippen LogP contribution in [0.1, 0.15) is 17.7 Å². The number of rotatable bonds is 2. The van der Waals surface area contributed by atoms with Crippen LogP contribution < -0.4 is 5.32 Å². The van der Waals surface area contributed by atoms with E-state index in [1.54, 1.807) is 0 Å². The molecule has 0 unspecified atom stereocenters. The zero-order chi connectivity index (χ0) is 10.9. The van der Waals surface area contributed by atoms with Gasteiger partial charge < -0.3 is 5.32 Å². The van der Waals surface area contributed by atoms with E-state index in [0.29, 0.717) is 30.3 Å². The average Bonchev–Trinajstić information content (AvgIpc) is 2.67. The maximum absolute atomic E-state index is 14.0. The highest BCUT2D eigenvalue weighted by molar-refractivity contribution is 7.16. The van der Waals surface area contributed by atoms with E-state index in [1.807, 2.05) is 0 Å². The fraction of sp³-hybridized carbons (Fsp3) is 0.600. The Morgan fingerprint density at radius 2 is 2.00 bits per heavy atom. The lowest BCUT2D eigenvalue weighted by molar-refractivity contribution is -0.0720. The summed E-state index contributed by atoms with van der Waals surface area (Å²) in [7, 11) is 0. The molecule has 0 radical (unpaired) electrons. The Morgan fingerprint density at radius 1 is 1.33 bits per heavy atom. The molecular weight excluding hydrogens is 240 g/mol. The molecule has 5 heteroatoms. The lowest BCUT2D eigenvalue weighted by Gasteiger charge is -2.29. The molecule has 0 bridgehead atoms. The molecule has 1 N–H and O–H groups in total. The Labute approximate surface area is 96.4 Å². The van der Waals surface area contributed by atoms with Gasteiger partial charge in [0.2, 0.25) is 0 Å². The molecule has 0 spiro atoms. The Bertz CT molecular complexity index is 334. The Balaban J connectivity index is 2.17. The van der Waals surface area contributed by atoms with Gasteiger partial charge in [-0.05, 0) is 38.1 Å². The first-order chi connectivity index (χ1) is 7.10. The van der Waals surface area contributed by atoms with Crippen LogP contribution in [0.3, 0.4) is 0 Å². The van der Waals surface area contributed by atoms with Crippen molar-refractivity contribution in [3.8, 4) is 0 Å². The second-order valence-corrected chi connectivity index (χ2v) is 5.47.